The van der Waals surface area contributed by atoms with E-state index in [-0.39, 0.29) is 0 Å². The molecule has 2 heterocycles. The lowest BCUT2D eigenvalue weighted by Crippen LogP contribution is -2.31. The lowest BCUT2D eigenvalue weighted by Gasteiger charge is -2.20. The topological polar surface area (TPSA) is 31.7 Å². The largest absolute Gasteiger partial charge is 0.459 e. The molecule has 2 aromatic rings. The zero-order valence-corrected chi connectivity index (χ0v) is 13.2. The van der Waals surface area contributed by atoms with Gasteiger partial charge in [-0.1, -0.05) is 18.2 Å². The number of nitrogens with one attached hydrogen (secondary N) is 1. The van der Waals surface area contributed by atoms with Gasteiger partial charge in [0.05, 0.1) is 6.54 Å². The van der Waals surface area contributed by atoms with Crippen LogP contribution in [0.2, 0.25) is 0 Å². The molecule has 114 valence electrons. The predicted molar refractivity (Wildman–Crippen MR) is 86.3 cm³/mol. The van der Waals surface area contributed by atoms with Crippen LogP contribution in [-0.4, -0.2) is 50.1 Å². The third kappa shape index (κ3) is 2.98. The van der Waals surface area contributed by atoms with Crippen molar-refractivity contribution in [3.8, 4) is 0 Å². The molecule has 0 radical (unpaired) electrons. The van der Waals surface area contributed by atoms with Crippen LogP contribution in [0, 0.1) is 0 Å². The zero-order chi connectivity index (χ0) is 14.8. The summed E-state index contributed by atoms with van der Waals surface area (Å²) in [6, 6.07) is 9.04. The van der Waals surface area contributed by atoms with Crippen molar-refractivity contribution < 1.29 is 4.42 Å². The van der Waals surface area contributed by atoms with E-state index in [0.717, 1.165) is 31.0 Å². The molecule has 0 amide bonds. The molecule has 21 heavy (non-hydrogen) atoms. The van der Waals surface area contributed by atoms with Crippen LogP contribution in [0.25, 0.3) is 11.0 Å². The molecular formula is C17H25N3O. The van der Waals surface area contributed by atoms with Crippen molar-refractivity contribution in [3.63, 3.8) is 0 Å². The highest BCUT2D eigenvalue weighted by Gasteiger charge is 2.25. The van der Waals surface area contributed by atoms with Gasteiger partial charge in [0, 0.05) is 36.6 Å². The smallest absolute Gasteiger partial charge is 0.134 e. The molecule has 1 fully saturated rings. The Morgan fingerprint density at radius 1 is 1.33 bits per heavy atom. The predicted octanol–water partition coefficient (Wildman–Crippen LogP) is 2.29. The second-order valence-corrected chi connectivity index (χ2v) is 6.17. The Hall–Kier alpha value is -1.36. The average molecular weight is 287 g/mol. The van der Waals surface area contributed by atoms with E-state index in [0.29, 0.717) is 6.04 Å². The number of hydrogen-bond donors (Lipinski definition) is 1. The fraction of sp³-hybridized carbons (Fsp3) is 0.529. The second kappa shape index (κ2) is 6.18. The first-order chi connectivity index (χ1) is 10.2. The highest BCUT2D eigenvalue weighted by atomic mass is 16.3. The molecule has 1 aliphatic heterocycles. The second-order valence-electron chi connectivity index (χ2n) is 6.17. The van der Waals surface area contributed by atoms with E-state index in [9.17, 15) is 0 Å². The molecule has 1 aliphatic rings. The molecule has 1 N–H and O–H groups in total. The van der Waals surface area contributed by atoms with E-state index in [2.05, 4.69) is 47.4 Å². The molecule has 1 atom stereocenters. The number of furan rings is 1. The first-order valence-corrected chi connectivity index (χ1v) is 7.71. The van der Waals surface area contributed by atoms with Gasteiger partial charge in [-0.05, 0) is 33.6 Å². The molecule has 0 spiro atoms. The van der Waals surface area contributed by atoms with Crippen molar-refractivity contribution >= 4 is 11.0 Å². The molecule has 1 aromatic heterocycles. The van der Waals surface area contributed by atoms with Crippen molar-refractivity contribution in [1.29, 1.82) is 0 Å². The van der Waals surface area contributed by atoms with Gasteiger partial charge in [0.15, 0.2) is 0 Å². The van der Waals surface area contributed by atoms with Crippen molar-refractivity contribution in [2.45, 2.75) is 25.6 Å². The summed E-state index contributed by atoms with van der Waals surface area (Å²) in [5.74, 6) is 1.08. The van der Waals surface area contributed by atoms with E-state index in [1.165, 1.54) is 23.9 Å². The molecule has 3 rings (SSSR count). The minimum Gasteiger partial charge on any atom is -0.459 e. The first kappa shape index (κ1) is 14.6. The summed E-state index contributed by atoms with van der Waals surface area (Å²) < 4.78 is 6.02. The Morgan fingerprint density at radius 2 is 2.14 bits per heavy atom. The Bertz CT molecular complexity index is 605. The Balaban J connectivity index is 1.84. The summed E-state index contributed by atoms with van der Waals surface area (Å²) in [7, 11) is 6.32. The summed E-state index contributed by atoms with van der Waals surface area (Å²) in [6.45, 7) is 4.08. The number of likely N-dealkylation sites (tertiary alicyclic amines) is 1. The zero-order valence-electron chi connectivity index (χ0n) is 13.2. The number of para-hydroxylation sites is 1. The summed E-state index contributed by atoms with van der Waals surface area (Å²) in [5.41, 5.74) is 2.35. The highest BCUT2D eigenvalue weighted by Crippen LogP contribution is 2.28. The lowest BCUT2D eigenvalue weighted by molar-refractivity contribution is 0.264. The Labute approximate surface area is 126 Å². The maximum absolute atomic E-state index is 6.02. The van der Waals surface area contributed by atoms with Crippen LogP contribution in [0.3, 0.4) is 0 Å². The minimum absolute atomic E-state index is 0.677. The maximum Gasteiger partial charge on any atom is 0.134 e. The van der Waals surface area contributed by atoms with E-state index in [1.807, 2.05) is 13.1 Å². The van der Waals surface area contributed by atoms with E-state index in [1.54, 1.807) is 0 Å². The molecule has 1 saturated heterocycles. The summed E-state index contributed by atoms with van der Waals surface area (Å²) in [5, 5.41) is 4.48. The number of benzene rings is 1. The molecule has 0 aliphatic carbocycles. The number of hydrogen-bond acceptors (Lipinski definition) is 4. The summed E-state index contributed by atoms with van der Waals surface area (Å²) >= 11 is 0. The van der Waals surface area contributed by atoms with Crippen LogP contribution >= 0.6 is 0 Å². The van der Waals surface area contributed by atoms with Gasteiger partial charge in [0.1, 0.15) is 11.3 Å². The van der Waals surface area contributed by atoms with Gasteiger partial charge in [0.2, 0.25) is 0 Å². The van der Waals surface area contributed by atoms with Crippen LogP contribution in [0.5, 0.6) is 0 Å². The molecule has 4 nitrogen and oxygen atoms in total. The number of fused-ring (bicyclic) bond motifs is 1. The quantitative estimate of drug-likeness (QED) is 0.914. The van der Waals surface area contributed by atoms with Gasteiger partial charge in [-0.25, -0.2) is 0 Å². The van der Waals surface area contributed by atoms with Gasteiger partial charge in [-0.15, -0.1) is 0 Å². The lowest BCUT2D eigenvalue weighted by atomic mass is 10.1. The third-order valence-electron chi connectivity index (χ3n) is 4.48. The van der Waals surface area contributed by atoms with E-state index < -0.39 is 0 Å². The Kier molecular flexibility index (Phi) is 4.29. The molecule has 1 unspecified atom stereocenters. The minimum atomic E-state index is 0.677. The normalized spacial score (nSPS) is 19.9. The fourth-order valence-electron chi connectivity index (χ4n) is 3.23. The van der Waals surface area contributed by atoms with Crippen LogP contribution in [0.4, 0.5) is 0 Å². The van der Waals surface area contributed by atoms with E-state index in [4.69, 9.17) is 4.42 Å². The van der Waals surface area contributed by atoms with Crippen LogP contribution in [0.15, 0.2) is 28.7 Å². The Morgan fingerprint density at radius 3 is 2.86 bits per heavy atom. The van der Waals surface area contributed by atoms with Crippen molar-refractivity contribution in [1.82, 2.24) is 15.1 Å². The van der Waals surface area contributed by atoms with Gasteiger partial charge in [0.25, 0.3) is 0 Å². The third-order valence-corrected chi connectivity index (χ3v) is 4.48. The summed E-state index contributed by atoms with van der Waals surface area (Å²) in [4.78, 5) is 4.88. The van der Waals surface area contributed by atoms with Gasteiger partial charge in [-0.3, -0.25) is 4.90 Å². The fourth-order valence-corrected chi connectivity index (χ4v) is 3.23. The van der Waals surface area contributed by atoms with Crippen molar-refractivity contribution in [3.05, 3.63) is 35.6 Å². The SMILES string of the molecule is CNCc1oc2ccccc2c1CN1CCC(N(C)C)C1. The van der Waals surface area contributed by atoms with Gasteiger partial charge >= 0.3 is 0 Å². The highest BCUT2D eigenvalue weighted by molar-refractivity contribution is 5.82. The standard InChI is InChI=1S/C17H25N3O/c1-18-10-17-15(14-6-4-5-7-16(14)21-17)12-20-9-8-13(11-20)19(2)3/h4-7,13,18H,8-12H2,1-3H3. The van der Waals surface area contributed by atoms with Crippen molar-refractivity contribution in [2.24, 2.45) is 0 Å². The molecule has 4 heteroatoms. The van der Waals surface area contributed by atoms with Gasteiger partial charge < -0.3 is 14.6 Å². The maximum atomic E-state index is 6.02. The van der Waals surface area contributed by atoms with Crippen LogP contribution in [-0.2, 0) is 13.1 Å². The number of rotatable bonds is 5. The summed E-state index contributed by atoms with van der Waals surface area (Å²) in [6.07, 6.45) is 1.25. The number of nitrogens with zero attached hydrogens (tertiary/aromatic N) is 2. The molecular weight excluding hydrogens is 262 g/mol. The first-order valence-electron chi connectivity index (χ1n) is 7.71. The molecule has 1 aromatic carbocycles. The van der Waals surface area contributed by atoms with Crippen LogP contribution < -0.4 is 5.32 Å². The number of likely N-dealkylation sites (N-methyl/N-ethyl adjacent to an activating group) is 1. The van der Waals surface area contributed by atoms with Crippen LogP contribution in [0.1, 0.15) is 17.7 Å². The van der Waals surface area contributed by atoms with Crippen molar-refractivity contribution in [2.75, 3.05) is 34.2 Å². The van der Waals surface area contributed by atoms with E-state index >= 15 is 0 Å². The average Bonchev–Trinajstić information content (AvgIpc) is 3.06. The van der Waals surface area contributed by atoms with Gasteiger partial charge in [-0.2, -0.15) is 0 Å². The monoisotopic (exact) mass is 287 g/mol. The molecule has 0 bridgehead atoms. The molecule has 0 saturated carbocycles.